The van der Waals surface area contributed by atoms with E-state index in [1.54, 1.807) is 0 Å². The fourth-order valence-corrected chi connectivity index (χ4v) is 4.27. The van der Waals surface area contributed by atoms with Gasteiger partial charge < -0.3 is 10.7 Å². The molecule has 0 spiro atoms. The van der Waals surface area contributed by atoms with Crippen molar-refractivity contribution in [2.24, 2.45) is 5.92 Å². The van der Waals surface area contributed by atoms with Gasteiger partial charge in [0.05, 0.1) is 17.6 Å². The molecule has 1 saturated heterocycles. The average molecular weight is 284 g/mol. The topological polar surface area (TPSA) is 57.9 Å². The summed E-state index contributed by atoms with van der Waals surface area (Å²) in [5.41, 5.74) is 8.72. The largest absolute Gasteiger partial charge is 0.399 e. The molecule has 4 nitrogen and oxygen atoms in total. The number of hydrogen-bond donors (Lipinski definition) is 2. The maximum atomic E-state index is 5.85. The van der Waals surface area contributed by atoms with Crippen LogP contribution in [0.4, 0.5) is 5.69 Å². The van der Waals surface area contributed by atoms with Gasteiger partial charge in [0.15, 0.2) is 0 Å². The lowest BCUT2D eigenvalue weighted by atomic mass is 9.78. The minimum absolute atomic E-state index is 0.783. The van der Waals surface area contributed by atoms with E-state index < -0.39 is 0 Å². The Morgan fingerprint density at radius 2 is 2.05 bits per heavy atom. The molecule has 4 rings (SSSR count). The monoisotopic (exact) mass is 284 g/mol. The molecule has 112 valence electrons. The lowest BCUT2D eigenvalue weighted by Crippen LogP contribution is -2.46. The number of likely N-dealkylation sites (tertiary alicyclic amines) is 1. The van der Waals surface area contributed by atoms with Crippen LogP contribution in [0.5, 0.6) is 0 Å². The first-order valence-corrected chi connectivity index (χ1v) is 8.28. The zero-order chi connectivity index (χ0) is 14.2. The number of nitrogens with two attached hydrogens (primary N) is 1. The van der Waals surface area contributed by atoms with Crippen LogP contribution in [-0.4, -0.2) is 27.5 Å². The van der Waals surface area contributed by atoms with Gasteiger partial charge in [-0.2, -0.15) is 0 Å². The summed E-state index contributed by atoms with van der Waals surface area (Å²) in [6, 6.07) is 6.69. The first-order chi connectivity index (χ1) is 10.3. The SMILES string of the molecule is Nc1ccc2nc(CN3CCC[C@H]4CCCC[C@H]43)[nH]c2c1. The number of H-pyrrole nitrogens is 1. The van der Waals surface area contributed by atoms with E-state index in [0.717, 1.165) is 41.0 Å². The standard InChI is InChI=1S/C17H24N4/c18-13-7-8-14-15(10-13)20-17(19-14)11-21-9-3-5-12-4-1-2-6-16(12)21/h7-8,10,12,16H,1-6,9,11,18H2,(H,19,20)/t12-,16-/m1/s1. The quantitative estimate of drug-likeness (QED) is 0.832. The molecule has 1 aliphatic heterocycles. The summed E-state index contributed by atoms with van der Waals surface area (Å²) < 4.78 is 0. The highest BCUT2D eigenvalue weighted by atomic mass is 15.2. The molecule has 2 heterocycles. The third kappa shape index (κ3) is 2.53. The van der Waals surface area contributed by atoms with Crippen molar-refractivity contribution >= 4 is 16.7 Å². The molecule has 1 aromatic carbocycles. The molecule has 1 saturated carbocycles. The summed E-state index contributed by atoms with van der Waals surface area (Å²) in [6.07, 6.45) is 8.40. The molecular formula is C17H24N4. The minimum Gasteiger partial charge on any atom is -0.399 e. The number of imidazole rings is 1. The van der Waals surface area contributed by atoms with Gasteiger partial charge in [-0.05, 0) is 56.3 Å². The van der Waals surface area contributed by atoms with Gasteiger partial charge in [-0.3, -0.25) is 4.90 Å². The Labute approximate surface area is 125 Å². The Kier molecular flexibility index (Phi) is 3.34. The van der Waals surface area contributed by atoms with E-state index in [2.05, 4.69) is 9.88 Å². The van der Waals surface area contributed by atoms with Crippen molar-refractivity contribution < 1.29 is 0 Å². The van der Waals surface area contributed by atoms with Gasteiger partial charge in [0.25, 0.3) is 0 Å². The molecule has 1 aliphatic carbocycles. The van der Waals surface area contributed by atoms with Crippen molar-refractivity contribution in [1.29, 1.82) is 0 Å². The van der Waals surface area contributed by atoms with Gasteiger partial charge in [0, 0.05) is 11.7 Å². The molecular weight excluding hydrogens is 260 g/mol. The number of nitrogens with one attached hydrogen (secondary N) is 1. The second-order valence-electron chi connectivity index (χ2n) is 6.68. The van der Waals surface area contributed by atoms with Crippen LogP contribution in [0.2, 0.25) is 0 Å². The predicted molar refractivity (Wildman–Crippen MR) is 85.9 cm³/mol. The van der Waals surface area contributed by atoms with Crippen LogP contribution in [0.15, 0.2) is 18.2 Å². The molecule has 2 atom stereocenters. The second-order valence-corrected chi connectivity index (χ2v) is 6.68. The average Bonchev–Trinajstić information content (AvgIpc) is 2.89. The van der Waals surface area contributed by atoms with Crippen molar-refractivity contribution in [1.82, 2.24) is 14.9 Å². The normalized spacial score (nSPS) is 26.9. The van der Waals surface area contributed by atoms with Gasteiger partial charge in [-0.1, -0.05) is 12.8 Å². The Morgan fingerprint density at radius 3 is 3.00 bits per heavy atom. The summed E-state index contributed by atoms with van der Waals surface area (Å²) in [5, 5.41) is 0. The highest BCUT2D eigenvalue weighted by molar-refractivity contribution is 5.78. The summed E-state index contributed by atoms with van der Waals surface area (Å²) in [6.45, 7) is 2.18. The van der Waals surface area contributed by atoms with Crippen LogP contribution >= 0.6 is 0 Å². The number of aromatic nitrogens is 2. The molecule has 2 aliphatic rings. The first kappa shape index (κ1) is 13.1. The Bertz CT molecular complexity index is 631. The highest BCUT2D eigenvalue weighted by Gasteiger charge is 2.33. The zero-order valence-electron chi connectivity index (χ0n) is 12.5. The van der Waals surface area contributed by atoms with E-state index in [1.807, 2.05) is 18.2 Å². The first-order valence-electron chi connectivity index (χ1n) is 8.28. The molecule has 0 bridgehead atoms. The number of hydrogen-bond acceptors (Lipinski definition) is 3. The van der Waals surface area contributed by atoms with Crippen LogP contribution in [0.25, 0.3) is 11.0 Å². The summed E-state index contributed by atoms with van der Waals surface area (Å²) in [4.78, 5) is 10.8. The smallest absolute Gasteiger partial charge is 0.121 e. The summed E-state index contributed by atoms with van der Waals surface area (Å²) in [7, 11) is 0. The number of benzene rings is 1. The summed E-state index contributed by atoms with van der Waals surface area (Å²) in [5.74, 6) is 2.01. The molecule has 3 N–H and O–H groups in total. The number of nitrogens with zero attached hydrogens (tertiary/aromatic N) is 2. The van der Waals surface area contributed by atoms with Gasteiger partial charge in [-0.25, -0.2) is 4.98 Å². The van der Waals surface area contributed by atoms with Crippen LogP contribution < -0.4 is 5.73 Å². The number of anilines is 1. The lowest BCUT2D eigenvalue weighted by Gasteiger charge is -2.43. The van der Waals surface area contributed by atoms with Gasteiger partial charge in [0.1, 0.15) is 5.82 Å². The maximum Gasteiger partial charge on any atom is 0.121 e. The summed E-state index contributed by atoms with van der Waals surface area (Å²) >= 11 is 0. The van der Waals surface area contributed by atoms with Gasteiger partial charge >= 0.3 is 0 Å². The molecule has 2 fully saturated rings. The highest BCUT2D eigenvalue weighted by Crippen LogP contribution is 2.35. The molecule has 4 heteroatoms. The van der Waals surface area contributed by atoms with E-state index >= 15 is 0 Å². The molecule has 1 aromatic heterocycles. The number of rotatable bonds is 2. The fraction of sp³-hybridized carbons (Fsp3) is 0.588. The van der Waals surface area contributed by atoms with E-state index in [-0.39, 0.29) is 0 Å². The zero-order valence-corrected chi connectivity index (χ0v) is 12.5. The Morgan fingerprint density at radius 1 is 1.19 bits per heavy atom. The number of piperidine rings is 1. The number of aromatic amines is 1. The van der Waals surface area contributed by atoms with Crippen LogP contribution in [-0.2, 0) is 6.54 Å². The number of fused-ring (bicyclic) bond motifs is 2. The van der Waals surface area contributed by atoms with E-state index in [0.29, 0.717) is 0 Å². The molecule has 0 radical (unpaired) electrons. The lowest BCUT2D eigenvalue weighted by molar-refractivity contribution is 0.0529. The Hall–Kier alpha value is -1.55. The fourth-order valence-electron chi connectivity index (χ4n) is 4.27. The third-order valence-electron chi connectivity index (χ3n) is 5.27. The van der Waals surface area contributed by atoms with E-state index in [1.165, 1.54) is 45.1 Å². The number of nitrogen functional groups attached to an aromatic ring is 1. The van der Waals surface area contributed by atoms with Crippen molar-refractivity contribution in [2.75, 3.05) is 12.3 Å². The van der Waals surface area contributed by atoms with Crippen LogP contribution in [0.1, 0.15) is 44.3 Å². The van der Waals surface area contributed by atoms with Crippen LogP contribution in [0, 0.1) is 5.92 Å². The van der Waals surface area contributed by atoms with E-state index in [4.69, 9.17) is 10.7 Å². The van der Waals surface area contributed by atoms with Crippen LogP contribution in [0.3, 0.4) is 0 Å². The van der Waals surface area contributed by atoms with Crippen molar-refractivity contribution in [3.8, 4) is 0 Å². The maximum absolute atomic E-state index is 5.85. The van der Waals surface area contributed by atoms with Crippen molar-refractivity contribution in [2.45, 2.75) is 51.1 Å². The van der Waals surface area contributed by atoms with Crippen molar-refractivity contribution in [3.63, 3.8) is 0 Å². The molecule has 2 aromatic rings. The molecule has 0 amide bonds. The Balaban J connectivity index is 1.55. The van der Waals surface area contributed by atoms with Gasteiger partial charge in [0.2, 0.25) is 0 Å². The third-order valence-corrected chi connectivity index (χ3v) is 5.27. The van der Waals surface area contributed by atoms with Crippen molar-refractivity contribution in [3.05, 3.63) is 24.0 Å². The predicted octanol–water partition coefficient (Wildman–Crippen LogP) is 3.30. The molecule has 21 heavy (non-hydrogen) atoms. The second kappa shape index (κ2) is 5.34. The van der Waals surface area contributed by atoms with E-state index in [9.17, 15) is 0 Å². The molecule has 0 unspecified atom stereocenters. The minimum atomic E-state index is 0.783. The van der Waals surface area contributed by atoms with Gasteiger partial charge in [-0.15, -0.1) is 0 Å².